The number of aryl methyl sites for hydroxylation is 2. The predicted molar refractivity (Wildman–Crippen MR) is 107 cm³/mol. The summed E-state index contributed by atoms with van der Waals surface area (Å²) in [5.74, 6) is 0.485. The number of carbonyl (C=O) groups excluding carboxylic acids is 1. The van der Waals surface area contributed by atoms with Crippen molar-refractivity contribution >= 4 is 34.2 Å². The first kappa shape index (κ1) is 17.3. The van der Waals surface area contributed by atoms with Gasteiger partial charge in [0.25, 0.3) is 0 Å². The summed E-state index contributed by atoms with van der Waals surface area (Å²) in [6, 6.07) is 15.4. The van der Waals surface area contributed by atoms with Crippen molar-refractivity contribution in [2.24, 2.45) is 7.05 Å². The molecule has 0 atom stereocenters. The van der Waals surface area contributed by atoms with Gasteiger partial charge in [-0.15, -0.1) is 0 Å². The molecule has 6 nitrogen and oxygen atoms in total. The van der Waals surface area contributed by atoms with Crippen molar-refractivity contribution in [1.82, 2.24) is 19.6 Å². The van der Waals surface area contributed by atoms with Gasteiger partial charge in [-0.3, -0.25) is 14.2 Å². The van der Waals surface area contributed by atoms with Crippen LogP contribution in [0.1, 0.15) is 5.69 Å². The topological polar surface area (TPSA) is 64.7 Å². The van der Waals surface area contributed by atoms with Crippen LogP contribution in [-0.2, 0) is 18.4 Å². The van der Waals surface area contributed by atoms with Crippen LogP contribution in [0.25, 0.3) is 22.0 Å². The lowest BCUT2D eigenvalue weighted by Crippen LogP contribution is -2.21. The highest BCUT2D eigenvalue weighted by molar-refractivity contribution is 6.35. The molecule has 0 radical (unpaired) electrons. The molecule has 0 aliphatic rings. The SMILES string of the molecule is Cc1nn(C)c(NC(=O)Cn2ncc3c(Cl)cccc32)c1-c1ccccc1. The van der Waals surface area contributed by atoms with Gasteiger partial charge >= 0.3 is 0 Å². The highest BCUT2D eigenvalue weighted by atomic mass is 35.5. The number of benzene rings is 2. The predicted octanol–water partition coefficient (Wildman–Crippen LogP) is 4.04. The van der Waals surface area contributed by atoms with E-state index in [1.54, 1.807) is 21.6 Å². The molecule has 0 saturated carbocycles. The maximum atomic E-state index is 12.7. The fourth-order valence-corrected chi connectivity index (χ4v) is 3.47. The first-order valence-electron chi connectivity index (χ1n) is 8.53. The summed E-state index contributed by atoms with van der Waals surface area (Å²) in [7, 11) is 1.82. The Balaban J connectivity index is 1.63. The lowest BCUT2D eigenvalue weighted by Gasteiger charge is -2.10. The molecule has 1 amide bonds. The van der Waals surface area contributed by atoms with Gasteiger partial charge < -0.3 is 5.32 Å². The Bertz CT molecular complexity index is 1130. The van der Waals surface area contributed by atoms with Gasteiger partial charge in [0.05, 0.1) is 22.4 Å². The summed E-state index contributed by atoms with van der Waals surface area (Å²) in [4.78, 5) is 12.7. The molecule has 1 N–H and O–H groups in total. The summed E-state index contributed by atoms with van der Waals surface area (Å²) in [5.41, 5.74) is 3.60. The number of hydrogen-bond donors (Lipinski definition) is 1. The Kier molecular flexibility index (Phi) is 4.41. The van der Waals surface area contributed by atoms with Gasteiger partial charge in [0.2, 0.25) is 5.91 Å². The molecule has 27 heavy (non-hydrogen) atoms. The summed E-state index contributed by atoms with van der Waals surface area (Å²) in [5, 5.41) is 13.2. The average molecular weight is 380 g/mol. The third-order valence-corrected chi connectivity index (χ3v) is 4.80. The zero-order chi connectivity index (χ0) is 19.0. The molecule has 0 unspecified atom stereocenters. The number of halogens is 1. The summed E-state index contributed by atoms with van der Waals surface area (Å²) in [6.45, 7) is 2.02. The third-order valence-electron chi connectivity index (χ3n) is 4.47. The zero-order valence-electron chi connectivity index (χ0n) is 15.0. The molecule has 2 aromatic carbocycles. The van der Waals surface area contributed by atoms with Gasteiger partial charge in [0.1, 0.15) is 12.4 Å². The van der Waals surface area contributed by atoms with E-state index in [-0.39, 0.29) is 12.5 Å². The number of rotatable bonds is 4. The molecule has 0 fully saturated rings. The number of nitrogens with zero attached hydrogens (tertiary/aromatic N) is 4. The Morgan fingerprint density at radius 3 is 2.70 bits per heavy atom. The summed E-state index contributed by atoms with van der Waals surface area (Å²) < 4.78 is 3.33. The fourth-order valence-electron chi connectivity index (χ4n) is 3.25. The highest BCUT2D eigenvalue weighted by Crippen LogP contribution is 2.31. The molecular weight excluding hydrogens is 362 g/mol. The normalized spacial score (nSPS) is 11.1. The van der Waals surface area contributed by atoms with Crippen LogP contribution in [0.4, 0.5) is 5.82 Å². The van der Waals surface area contributed by atoms with Gasteiger partial charge in [-0.2, -0.15) is 10.2 Å². The minimum atomic E-state index is -0.180. The Hall–Kier alpha value is -3.12. The molecule has 0 saturated heterocycles. The number of amides is 1. The van der Waals surface area contributed by atoms with Gasteiger partial charge in [0, 0.05) is 18.0 Å². The molecule has 0 aliphatic carbocycles. The van der Waals surface area contributed by atoms with Crippen LogP contribution in [0.15, 0.2) is 54.7 Å². The van der Waals surface area contributed by atoms with E-state index in [1.807, 2.05) is 56.4 Å². The zero-order valence-corrected chi connectivity index (χ0v) is 15.7. The van der Waals surface area contributed by atoms with E-state index >= 15 is 0 Å². The molecular formula is C20H18ClN5O. The fraction of sp³-hybridized carbons (Fsp3) is 0.150. The minimum absolute atomic E-state index is 0.0856. The van der Waals surface area contributed by atoms with Crippen LogP contribution in [-0.4, -0.2) is 25.5 Å². The van der Waals surface area contributed by atoms with Gasteiger partial charge in [-0.25, -0.2) is 0 Å². The van der Waals surface area contributed by atoms with Crippen molar-refractivity contribution in [2.45, 2.75) is 13.5 Å². The van der Waals surface area contributed by atoms with E-state index in [4.69, 9.17) is 11.6 Å². The van der Waals surface area contributed by atoms with E-state index < -0.39 is 0 Å². The van der Waals surface area contributed by atoms with Crippen molar-refractivity contribution in [3.8, 4) is 11.1 Å². The summed E-state index contributed by atoms with van der Waals surface area (Å²) >= 11 is 6.18. The van der Waals surface area contributed by atoms with Gasteiger partial charge in [-0.1, -0.05) is 48.0 Å². The monoisotopic (exact) mass is 379 g/mol. The van der Waals surface area contributed by atoms with Crippen LogP contribution in [0, 0.1) is 6.92 Å². The van der Waals surface area contributed by atoms with Crippen LogP contribution in [0.3, 0.4) is 0 Å². The largest absolute Gasteiger partial charge is 0.309 e. The van der Waals surface area contributed by atoms with Crippen molar-refractivity contribution in [3.63, 3.8) is 0 Å². The van der Waals surface area contributed by atoms with Crippen LogP contribution in [0.2, 0.25) is 5.02 Å². The second-order valence-electron chi connectivity index (χ2n) is 6.32. The highest BCUT2D eigenvalue weighted by Gasteiger charge is 2.18. The first-order chi connectivity index (χ1) is 13.0. The van der Waals surface area contributed by atoms with E-state index in [0.717, 1.165) is 27.7 Å². The molecule has 0 spiro atoms. The molecule has 0 bridgehead atoms. The standard InChI is InChI=1S/C20H18ClN5O/c1-13-19(14-7-4-3-5-8-14)20(25(2)24-13)23-18(27)12-26-17-10-6-9-16(21)15(17)11-22-26/h3-11H,12H2,1-2H3,(H,23,27). The smallest absolute Gasteiger partial charge is 0.247 e. The molecule has 2 heterocycles. The maximum Gasteiger partial charge on any atom is 0.247 e. The third kappa shape index (κ3) is 3.19. The quantitative estimate of drug-likeness (QED) is 0.582. The number of anilines is 1. The Labute approximate surface area is 161 Å². The van der Waals surface area contributed by atoms with E-state index in [2.05, 4.69) is 15.5 Å². The average Bonchev–Trinajstić information content (AvgIpc) is 3.18. The molecule has 0 aliphatic heterocycles. The number of fused-ring (bicyclic) bond motifs is 1. The van der Waals surface area contributed by atoms with Crippen molar-refractivity contribution in [1.29, 1.82) is 0 Å². The lowest BCUT2D eigenvalue weighted by atomic mass is 10.1. The molecule has 4 rings (SSSR count). The Morgan fingerprint density at radius 1 is 1.15 bits per heavy atom. The van der Waals surface area contributed by atoms with Crippen LogP contribution in [0.5, 0.6) is 0 Å². The number of hydrogen-bond acceptors (Lipinski definition) is 3. The van der Waals surface area contributed by atoms with Crippen LogP contribution < -0.4 is 5.32 Å². The lowest BCUT2D eigenvalue weighted by molar-refractivity contribution is -0.116. The Morgan fingerprint density at radius 2 is 1.93 bits per heavy atom. The molecule has 2 aromatic heterocycles. The number of nitrogens with one attached hydrogen (secondary N) is 1. The van der Waals surface area contributed by atoms with Crippen molar-refractivity contribution < 1.29 is 4.79 Å². The molecule has 7 heteroatoms. The van der Waals surface area contributed by atoms with E-state index in [1.165, 1.54) is 0 Å². The second-order valence-corrected chi connectivity index (χ2v) is 6.73. The maximum absolute atomic E-state index is 12.7. The first-order valence-corrected chi connectivity index (χ1v) is 8.91. The van der Waals surface area contributed by atoms with Gasteiger partial charge in [0.15, 0.2) is 0 Å². The summed E-state index contributed by atoms with van der Waals surface area (Å²) in [6.07, 6.45) is 1.68. The molecule has 4 aromatic rings. The number of carbonyl (C=O) groups is 1. The van der Waals surface area contributed by atoms with E-state index in [0.29, 0.717) is 10.8 Å². The number of aromatic nitrogens is 4. The second kappa shape index (κ2) is 6.89. The van der Waals surface area contributed by atoms with E-state index in [9.17, 15) is 4.79 Å². The molecule has 136 valence electrons. The van der Waals surface area contributed by atoms with Crippen molar-refractivity contribution in [3.05, 3.63) is 65.4 Å². The minimum Gasteiger partial charge on any atom is -0.309 e. The van der Waals surface area contributed by atoms with Crippen molar-refractivity contribution in [2.75, 3.05) is 5.32 Å². The van der Waals surface area contributed by atoms with Gasteiger partial charge in [-0.05, 0) is 24.6 Å². The van der Waals surface area contributed by atoms with Crippen LogP contribution >= 0.6 is 11.6 Å².